The van der Waals surface area contributed by atoms with Crippen LogP contribution in [0.3, 0.4) is 0 Å². The number of amides is 1. The molecular weight excluding hydrogens is 358 g/mol. The first-order valence-corrected chi connectivity index (χ1v) is 9.25. The average Bonchev–Trinajstić information content (AvgIpc) is 2.55. The molecule has 1 rings (SSSR count). The van der Waals surface area contributed by atoms with Gasteiger partial charge in [-0.2, -0.15) is 11.8 Å². The third-order valence-electron chi connectivity index (χ3n) is 3.16. The molecule has 144 valence electrons. The summed E-state index contributed by atoms with van der Waals surface area (Å²) in [7, 11) is 1.33. The molecule has 8 heteroatoms. The maximum atomic E-state index is 11.7. The molecule has 26 heavy (non-hydrogen) atoms. The Labute approximate surface area is 157 Å². The van der Waals surface area contributed by atoms with Crippen molar-refractivity contribution < 1.29 is 29.0 Å². The number of hydrogen-bond donors (Lipinski definition) is 2. The first-order chi connectivity index (χ1) is 12.1. The van der Waals surface area contributed by atoms with Crippen LogP contribution in [-0.4, -0.2) is 47.6 Å². The molecule has 1 aromatic rings. The molecule has 1 amide bonds. The number of carboxylic acid groups (broad SMARTS) is 1. The van der Waals surface area contributed by atoms with Gasteiger partial charge in [-0.1, -0.05) is 12.1 Å². The van der Waals surface area contributed by atoms with E-state index in [1.165, 1.54) is 18.9 Å². The number of alkyl carbamates (subject to hydrolysis) is 1. The lowest BCUT2D eigenvalue weighted by Crippen LogP contribution is -2.43. The summed E-state index contributed by atoms with van der Waals surface area (Å²) in [5, 5.41) is 11.6. The number of hydrogen-bond acceptors (Lipinski definition) is 6. The average molecular weight is 383 g/mol. The first-order valence-electron chi connectivity index (χ1n) is 8.09. The Balaban J connectivity index is 2.47. The normalized spacial score (nSPS) is 12.2. The summed E-state index contributed by atoms with van der Waals surface area (Å²) < 4.78 is 9.76. The molecule has 1 unspecified atom stereocenters. The summed E-state index contributed by atoms with van der Waals surface area (Å²) in [4.78, 5) is 34.5. The fourth-order valence-corrected chi connectivity index (χ4v) is 2.97. The van der Waals surface area contributed by atoms with Crippen LogP contribution in [0.15, 0.2) is 24.3 Å². The molecular formula is C18H25NO6S. The van der Waals surface area contributed by atoms with Gasteiger partial charge in [-0.3, -0.25) is 0 Å². The van der Waals surface area contributed by atoms with Crippen LogP contribution in [0.2, 0.25) is 0 Å². The van der Waals surface area contributed by atoms with Crippen LogP contribution in [0.25, 0.3) is 0 Å². The van der Waals surface area contributed by atoms with Gasteiger partial charge < -0.3 is 19.9 Å². The van der Waals surface area contributed by atoms with Crippen LogP contribution in [0.1, 0.15) is 43.1 Å². The summed E-state index contributed by atoms with van der Waals surface area (Å²) >= 11 is 1.51. The van der Waals surface area contributed by atoms with Crippen molar-refractivity contribution in [3.05, 3.63) is 35.4 Å². The van der Waals surface area contributed by atoms with Crippen LogP contribution in [-0.2, 0) is 20.0 Å². The molecule has 2 N–H and O–H groups in total. The molecule has 0 saturated heterocycles. The quantitative estimate of drug-likeness (QED) is 0.525. The monoisotopic (exact) mass is 383 g/mol. The third kappa shape index (κ3) is 8.24. The Bertz CT molecular complexity index is 641. The number of ether oxygens (including phenoxy) is 2. The second kappa shape index (κ2) is 10.1. The minimum Gasteiger partial charge on any atom is -0.480 e. The minimum atomic E-state index is -1.11. The van der Waals surface area contributed by atoms with Crippen LogP contribution in [0, 0.1) is 0 Å². The van der Waals surface area contributed by atoms with E-state index in [1.807, 2.05) is 6.07 Å². The van der Waals surface area contributed by atoms with Crippen molar-refractivity contribution in [3.63, 3.8) is 0 Å². The molecule has 0 bridgehead atoms. The fourth-order valence-electron chi connectivity index (χ4n) is 2.00. The Kier molecular flexibility index (Phi) is 8.44. The van der Waals surface area contributed by atoms with Gasteiger partial charge in [0.2, 0.25) is 0 Å². The number of carbonyl (C=O) groups excluding carboxylic acids is 2. The molecule has 1 aromatic carbocycles. The predicted octanol–water partition coefficient (Wildman–Crippen LogP) is 3.07. The lowest BCUT2D eigenvalue weighted by molar-refractivity contribution is -0.139. The van der Waals surface area contributed by atoms with E-state index >= 15 is 0 Å². The number of methoxy groups -OCH3 is 1. The van der Waals surface area contributed by atoms with Crippen LogP contribution >= 0.6 is 11.8 Å². The Morgan fingerprint density at radius 1 is 1.27 bits per heavy atom. The highest BCUT2D eigenvalue weighted by molar-refractivity contribution is 7.98. The number of carboxylic acids is 1. The number of esters is 1. The zero-order valence-corrected chi connectivity index (χ0v) is 16.2. The van der Waals surface area contributed by atoms with E-state index in [2.05, 4.69) is 10.1 Å². The molecule has 0 fully saturated rings. The highest BCUT2D eigenvalue weighted by Crippen LogP contribution is 2.16. The Morgan fingerprint density at radius 2 is 1.96 bits per heavy atom. The minimum absolute atomic E-state index is 0.260. The lowest BCUT2D eigenvalue weighted by atomic mass is 10.1. The van der Waals surface area contributed by atoms with Gasteiger partial charge in [-0.15, -0.1) is 0 Å². The highest BCUT2D eigenvalue weighted by atomic mass is 32.2. The maximum Gasteiger partial charge on any atom is 0.408 e. The van der Waals surface area contributed by atoms with Crippen LogP contribution in [0.5, 0.6) is 0 Å². The molecule has 0 aliphatic carbocycles. The number of benzene rings is 1. The molecule has 0 saturated carbocycles. The molecule has 0 radical (unpaired) electrons. The number of carbonyl (C=O) groups is 3. The van der Waals surface area contributed by atoms with Crippen molar-refractivity contribution in [2.24, 2.45) is 0 Å². The van der Waals surface area contributed by atoms with Gasteiger partial charge in [0.05, 0.1) is 12.7 Å². The Hall–Kier alpha value is -2.22. The summed E-state index contributed by atoms with van der Waals surface area (Å²) in [6.07, 6.45) is -0.490. The van der Waals surface area contributed by atoms with Crippen LogP contribution in [0.4, 0.5) is 4.79 Å². The van der Waals surface area contributed by atoms with Gasteiger partial charge in [0.15, 0.2) is 0 Å². The van der Waals surface area contributed by atoms with Crippen molar-refractivity contribution in [2.75, 3.05) is 12.9 Å². The largest absolute Gasteiger partial charge is 0.480 e. The highest BCUT2D eigenvalue weighted by Gasteiger charge is 2.23. The molecule has 0 heterocycles. The van der Waals surface area contributed by atoms with Crippen molar-refractivity contribution in [1.29, 1.82) is 0 Å². The summed E-state index contributed by atoms with van der Waals surface area (Å²) in [5.74, 6) is -0.368. The van der Waals surface area contributed by atoms with E-state index in [4.69, 9.17) is 4.74 Å². The molecule has 0 aromatic heterocycles. The molecule has 0 spiro atoms. The summed E-state index contributed by atoms with van der Waals surface area (Å²) in [6.45, 7) is 5.13. The number of aliphatic carboxylic acids is 1. The predicted molar refractivity (Wildman–Crippen MR) is 99.4 cm³/mol. The SMILES string of the molecule is COC(=O)c1cccc(CSCCC(NC(=O)OC(C)(C)C)C(=O)O)c1. The van der Waals surface area contributed by atoms with E-state index in [0.717, 1.165) is 5.56 Å². The zero-order valence-electron chi connectivity index (χ0n) is 15.4. The second-order valence-corrected chi connectivity index (χ2v) is 7.68. The van der Waals surface area contributed by atoms with Gasteiger partial charge in [0, 0.05) is 5.75 Å². The van der Waals surface area contributed by atoms with Gasteiger partial charge >= 0.3 is 18.0 Å². The second-order valence-electron chi connectivity index (χ2n) is 6.57. The van der Waals surface area contributed by atoms with E-state index in [0.29, 0.717) is 17.1 Å². The molecule has 0 aliphatic rings. The van der Waals surface area contributed by atoms with Crippen molar-refractivity contribution in [2.45, 2.75) is 44.6 Å². The van der Waals surface area contributed by atoms with Crippen molar-refractivity contribution in [3.8, 4) is 0 Å². The fraction of sp³-hybridized carbons (Fsp3) is 0.500. The van der Waals surface area contributed by atoms with E-state index in [9.17, 15) is 19.5 Å². The van der Waals surface area contributed by atoms with E-state index < -0.39 is 29.7 Å². The van der Waals surface area contributed by atoms with Gasteiger partial charge in [-0.25, -0.2) is 14.4 Å². The van der Waals surface area contributed by atoms with Crippen molar-refractivity contribution >= 4 is 29.8 Å². The topological polar surface area (TPSA) is 102 Å². The van der Waals surface area contributed by atoms with Gasteiger partial charge in [0.25, 0.3) is 0 Å². The smallest absolute Gasteiger partial charge is 0.408 e. The van der Waals surface area contributed by atoms with Gasteiger partial charge in [0.1, 0.15) is 11.6 Å². The van der Waals surface area contributed by atoms with Crippen LogP contribution < -0.4 is 5.32 Å². The van der Waals surface area contributed by atoms with Gasteiger partial charge in [-0.05, 0) is 50.6 Å². The first kappa shape index (κ1) is 21.8. The molecule has 1 atom stereocenters. The van der Waals surface area contributed by atoms with E-state index in [1.54, 1.807) is 39.0 Å². The third-order valence-corrected chi connectivity index (χ3v) is 4.22. The standard InChI is InChI=1S/C18H25NO6S/c1-18(2,3)25-17(23)19-14(15(20)21)8-9-26-11-12-6-5-7-13(10-12)16(22)24-4/h5-7,10,14H,8-9,11H2,1-4H3,(H,19,23)(H,20,21). The zero-order chi connectivity index (χ0) is 19.7. The lowest BCUT2D eigenvalue weighted by Gasteiger charge is -2.21. The summed E-state index contributed by atoms with van der Waals surface area (Å²) in [6, 6.07) is 6.05. The Morgan fingerprint density at radius 3 is 2.54 bits per heavy atom. The molecule has 0 aliphatic heterocycles. The van der Waals surface area contributed by atoms with E-state index in [-0.39, 0.29) is 6.42 Å². The van der Waals surface area contributed by atoms with Crippen molar-refractivity contribution in [1.82, 2.24) is 5.32 Å². The summed E-state index contributed by atoms with van der Waals surface area (Å²) in [5.41, 5.74) is 0.720. The molecule has 7 nitrogen and oxygen atoms in total. The maximum absolute atomic E-state index is 11.7. The number of rotatable bonds is 8. The number of thioether (sulfide) groups is 1. The number of nitrogens with one attached hydrogen (secondary N) is 1.